The van der Waals surface area contributed by atoms with Gasteiger partial charge in [-0.3, -0.25) is 4.98 Å². The molecule has 0 amide bonds. The average Bonchev–Trinajstić information content (AvgIpc) is 2.27. The maximum atomic E-state index is 5.59. The molecular formula is C10H15ClN2O2. The van der Waals surface area contributed by atoms with E-state index < -0.39 is 0 Å². The van der Waals surface area contributed by atoms with Gasteiger partial charge in [0, 0.05) is 6.61 Å². The second kappa shape index (κ2) is 6.58. The van der Waals surface area contributed by atoms with Crippen LogP contribution in [0.25, 0.3) is 0 Å². The summed E-state index contributed by atoms with van der Waals surface area (Å²) in [5.74, 6) is 0.859. The first-order chi connectivity index (χ1) is 7.26. The van der Waals surface area contributed by atoms with Crippen LogP contribution in [-0.2, 0) is 10.6 Å². The molecule has 84 valence electrons. The van der Waals surface area contributed by atoms with Crippen molar-refractivity contribution in [1.29, 1.82) is 0 Å². The van der Waals surface area contributed by atoms with Crippen LogP contribution < -0.4 is 4.74 Å². The van der Waals surface area contributed by atoms with Crippen LogP contribution in [0.3, 0.4) is 0 Å². The van der Waals surface area contributed by atoms with E-state index in [9.17, 15) is 0 Å². The van der Waals surface area contributed by atoms with Crippen molar-refractivity contribution in [2.45, 2.75) is 25.8 Å². The van der Waals surface area contributed by atoms with Gasteiger partial charge in [0.2, 0.25) is 5.88 Å². The van der Waals surface area contributed by atoms with Crippen LogP contribution in [0.2, 0.25) is 0 Å². The van der Waals surface area contributed by atoms with Gasteiger partial charge in [-0.25, -0.2) is 4.98 Å². The van der Waals surface area contributed by atoms with E-state index >= 15 is 0 Å². The van der Waals surface area contributed by atoms with Crippen LogP contribution in [0.4, 0.5) is 0 Å². The summed E-state index contributed by atoms with van der Waals surface area (Å²) in [5, 5.41) is 0. The van der Waals surface area contributed by atoms with E-state index in [1.54, 1.807) is 12.4 Å². The minimum Gasteiger partial charge on any atom is -0.471 e. The summed E-state index contributed by atoms with van der Waals surface area (Å²) in [7, 11) is 0. The van der Waals surface area contributed by atoms with Crippen LogP contribution in [0.15, 0.2) is 12.4 Å². The van der Waals surface area contributed by atoms with Gasteiger partial charge in [0.15, 0.2) is 0 Å². The molecule has 0 fully saturated rings. The Labute approximate surface area is 94.6 Å². The first-order valence-corrected chi connectivity index (χ1v) is 5.41. The van der Waals surface area contributed by atoms with Gasteiger partial charge < -0.3 is 9.47 Å². The largest absolute Gasteiger partial charge is 0.471 e. The predicted molar refractivity (Wildman–Crippen MR) is 58.2 cm³/mol. The van der Waals surface area contributed by atoms with Gasteiger partial charge in [0.05, 0.1) is 30.6 Å². The van der Waals surface area contributed by atoms with Crippen LogP contribution in [0.5, 0.6) is 5.88 Å². The first-order valence-electron chi connectivity index (χ1n) is 4.87. The summed E-state index contributed by atoms with van der Waals surface area (Å²) in [6.07, 6.45) is 3.15. The highest BCUT2D eigenvalue weighted by atomic mass is 35.5. The standard InChI is InChI=1S/C10H15ClN2O2/c1-3-14-7-8(2)15-10-6-12-9(4-11)5-13-10/h5-6,8H,3-4,7H2,1-2H3. The third-order valence-electron chi connectivity index (χ3n) is 1.70. The Bertz CT molecular complexity index is 279. The number of hydrogen-bond acceptors (Lipinski definition) is 4. The quantitative estimate of drug-likeness (QED) is 0.702. The Morgan fingerprint density at radius 3 is 2.73 bits per heavy atom. The fourth-order valence-electron chi connectivity index (χ4n) is 0.997. The zero-order valence-corrected chi connectivity index (χ0v) is 9.70. The molecule has 5 heteroatoms. The number of rotatable bonds is 6. The lowest BCUT2D eigenvalue weighted by Gasteiger charge is -2.13. The number of nitrogens with zero attached hydrogens (tertiary/aromatic N) is 2. The van der Waals surface area contributed by atoms with E-state index in [1.165, 1.54) is 0 Å². The van der Waals surface area contributed by atoms with Crippen molar-refractivity contribution in [2.24, 2.45) is 0 Å². The highest BCUT2D eigenvalue weighted by Gasteiger charge is 2.05. The molecular weight excluding hydrogens is 216 g/mol. The number of halogens is 1. The number of alkyl halides is 1. The van der Waals surface area contributed by atoms with E-state index in [0.717, 1.165) is 5.69 Å². The number of hydrogen-bond donors (Lipinski definition) is 0. The Balaban J connectivity index is 2.42. The predicted octanol–water partition coefficient (Wildman–Crippen LogP) is 2.02. The zero-order chi connectivity index (χ0) is 11.1. The number of aromatic nitrogens is 2. The van der Waals surface area contributed by atoms with Crippen LogP contribution in [0, 0.1) is 0 Å². The van der Waals surface area contributed by atoms with Crippen LogP contribution in [0.1, 0.15) is 19.5 Å². The summed E-state index contributed by atoms with van der Waals surface area (Å²) in [6.45, 7) is 5.11. The minimum atomic E-state index is -0.0268. The fraction of sp³-hybridized carbons (Fsp3) is 0.600. The van der Waals surface area contributed by atoms with Gasteiger partial charge >= 0.3 is 0 Å². The zero-order valence-electron chi connectivity index (χ0n) is 8.94. The Morgan fingerprint density at radius 2 is 2.20 bits per heavy atom. The van der Waals surface area contributed by atoms with Crippen molar-refractivity contribution in [3.63, 3.8) is 0 Å². The molecule has 0 N–H and O–H groups in total. The van der Waals surface area contributed by atoms with Crippen molar-refractivity contribution in [3.05, 3.63) is 18.1 Å². The molecule has 0 aliphatic carbocycles. The summed E-state index contributed by atoms with van der Waals surface area (Å²) >= 11 is 5.59. The SMILES string of the molecule is CCOCC(C)Oc1cnc(CCl)cn1. The highest BCUT2D eigenvalue weighted by molar-refractivity contribution is 6.16. The van der Waals surface area contributed by atoms with Crippen molar-refractivity contribution in [2.75, 3.05) is 13.2 Å². The molecule has 1 aromatic heterocycles. The molecule has 15 heavy (non-hydrogen) atoms. The normalized spacial score (nSPS) is 12.5. The molecule has 0 bridgehead atoms. The van der Waals surface area contributed by atoms with Crippen molar-refractivity contribution < 1.29 is 9.47 Å². The third-order valence-corrected chi connectivity index (χ3v) is 1.97. The molecule has 1 atom stereocenters. The lowest BCUT2D eigenvalue weighted by atomic mass is 10.4. The Kier molecular flexibility index (Phi) is 5.36. The highest BCUT2D eigenvalue weighted by Crippen LogP contribution is 2.07. The molecule has 0 aliphatic heterocycles. The molecule has 0 aromatic carbocycles. The van der Waals surface area contributed by atoms with Gasteiger partial charge in [-0.2, -0.15) is 0 Å². The van der Waals surface area contributed by atoms with Gasteiger partial charge in [-0.15, -0.1) is 11.6 Å². The van der Waals surface area contributed by atoms with Crippen molar-refractivity contribution >= 4 is 11.6 Å². The average molecular weight is 231 g/mol. The lowest BCUT2D eigenvalue weighted by molar-refractivity contribution is 0.0631. The van der Waals surface area contributed by atoms with E-state index in [4.69, 9.17) is 21.1 Å². The topological polar surface area (TPSA) is 44.2 Å². The second-order valence-corrected chi connectivity index (χ2v) is 3.33. The summed E-state index contributed by atoms with van der Waals surface area (Å²) in [4.78, 5) is 8.14. The van der Waals surface area contributed by atoms with E-state index in [-0.39, 0.29) is 6.10 Å². The molecule has 0 saturated carbocycles. The molecule has 1 aromatic rings. The second-order valence-electron chi connectivity index (χ2n) is 3.07. The van der Waals surface area contributed by atoms with Gasteiger partial charge in [0.1, 0.15) is 6.10 Å². The smallest absolute Gasteiger partial charge is 0.232 e. The molecule has 0 radical (unpaired) electrons. The van der Waals surface area contributed by atoms with Crippen molar-refractivity contribution in [3.8, 4) is 5.88 Å². The van der Waals surface area contributed by atoms with Crippen LogP contribution in [-0.4, -0.2) is 29.3 Å². The molecule has 0 aliphatic rings. The summed E-state index contributed by atoms with van der Waals surface area (Å²) in [6, 6.07) is 0. The minimum absolute atomic E-state index is 0.0268. The molecule has 4 nitrogen and oxygen atoms in total. The molecule has 0 saturated heterocycles. The lowest BCUT2D eigenvalue weighted by Crippen LogP contribution is -2.19. The molecule has 1 heterocycles. The van der Waals surface area contributed by atoms with Gasteiger partial charge in [-0.1, -0.05) is 0 Å². The summed E-state index contributed by atoms with van der Waals surface area (Å²) < 4.78 is 10.7. The monoisotopic (exact) mass is 230 g/mol. The summed E-state index contributed by atoms with van der Waals surface area (Å²) in [5.41, 5.74) is 0.737. The van der Waals surface area contributed by atoms with Crippen LogP contribution >= 0.6 is 11.6 Å². The van der Waals surface area contributed by atoms with E-state index in [1.807, 2.05) is 13.8 Å². The van der Waals surface area contributed by atoms with Gasteiger partial charge in [-0.05, 0) is 13.8 Å². The Hall–Kier alpha value is -0.870. The van der Waals surface area contributed by atoms with E-state index in [0.29, 0.717) is 25.0 Å². The van der Waals surface area contributed by atoms with E-state index in [2.05, 4.69) is 9.97 Å². The maximum absolute atomic E-state index is 5.59. The molecule has 1 unspecified atom stereocenters. The number of ether oxygens (including phenoxy) is 2. The third kappa shape index (κ3) is 4.44. The van der Waals surface area contributed by atoms with Gasteiger partial charge in [0.25, 0.3) is 0 Å². The van der Waals surface area contributed by atoms with Crippen molar-refractivity contribution in [1.82, 2.24) is 9.97 Å². The maximum Gasteiger partial charge on any atom is 0.232 e. The first kappa shape index (κ1) is 12.2. The fourth-order valence-corrected chi connectivity index (χ4v) is 1.13. The molecule has 0 spiro atoms. The molecule has 1 rings (SSSR count). The Morgan fingerprint density at radius 1 is 1.40 bits per heavy atom.